The maximum atomic E-state index is 9.26. The van der Waals surface area contributed by atoms with Gasteiger partial charge in [0.15, 0.2) is 0 Å². The molecule has 8 heteroatoms. The van der Waals surface area contributed by atoms with Crippen molar-refractivity contribution in [1.82, 2.24) is 4.98 Å². The van der Waals surface area contributed by atoms with Crippen LogP contribution in [0.4, 0.5) is 0 Å². The summed E-state index contributed by atoms with van der Waals surface area (Å²) in [6, 6.07) is 10.5. The van der Waals surface area contributed by atoms with Gasteiger partial charge in [-0.2, -0.15) is 15.8 Å². The van der Waals surface area contributed by atoms with E-state index in [0.717, 1.165) is 21.0 Å². The number of fused-ring (bicyclic) bond motifs is 1. The first-order chi connectivity index (χ1) is 11.7. The van der Waals surface area contributed by atoms with Gasteiger partial charge < -0.3 is 4.74 Å². The van der Waals surface area contributed by atoms with Crippen LogP contribution >= 0.6 is 23.1 Å². The number of rotatable bonds is 3. The summed E-state index contributed by atoms with van der Waals surface area (Å²) in [4.78, 5) is 9.07. The highest BCUT2D eigenvalue weighted by atomic mass is 32.2. The van der Waals surface area contributed by atoms with Gasteiger partial charge in [-0.25, -0.2) is 4.98 Å². The number of aromatic nitrogens is 1. The number of methoxy groups -OCH3 is 1. The van der Waals surface area contributed by atoms with E-state index in [9.17, 15) is 15.8 Å². The number of aliphatic imine (C=N–C) groups is 1. The SMILES string of the molecule is COc1ccc2nc(C3=NC(C(C#N)(C#N)C#N)CCS3)sc2c1. The van der Waals surface area contributed by atoms with Crippen LogP contribution < -0.4 is 4.74 Å². The molecule has 2 heterocycles. The van der Waals surface area contributed by atoms with E-state index in [4.69, 9.17) is 4.74 Å². The number of nitrogens with zero attached hydrogens (tertiary/aromatic N) is 5. The third-order valence-corrected chi connectivity index (χ3v) is 5.88. The van der Waals surface area contributed by atoms with E-state index in [1.807, 2.05) is 36.4 Å². The number of benzene rings is 1. The monoisotopic (exact) mass is 353 g/mol. The Balaban J connectivity index is 2.02. The fourth-order valence-corrected chi connectivity index (χ4v) is 4.46. The molecule has 0 bridgehead atoms. The molecule has 1 aromatic carbocycles. The largest absolute Gasteiger partial charge is 0.497 e. The Hall–Kier alpha value is -2.60. The molecule has 0 amide bonds. The van der Waals surface area contributed by atoms with Crippen LogP contribution in [0.1, 0.15) is 11.4 Å². The van der Waals surface area contributed by atoms with Crippen molar-refractivity contribution in [2.45, 2.75) is 12.5 Å². The number of thioether (sulfide) groups is 1. The molecule has 6 nitrogen and oxygen atoms in total. The van der Waals surface area contributed by atoms with Crippen LogP contribution in [0, 0.1) is 39.4 Å². The third kappa shape index (κ3) is 2.69. The van der Waals surface area contributed by atoms with Crippen LogP contribution in [0.5, 0.6) is 5.75 Å². The van der Waals surface area contributed by atoms with Crippen LogP contribution in [0.25, 0.3) is 10.2 Å². The standard InChI is InChI=1S/C16H11N5OS2/c1-22-10-2-3-11-12(6-10)24-15(20-11)14-21-13(4-5-23-14)16(7-17,8-18)9-19/h2-3,6,13H,4-5H2,1H3. The molecule has 0 fully saturated rings. The molecule has 0 saturated carbocycles. The molecule has 118 valence electrons. The van der Waals surface area contributed by atoms with Crippen LogP contribution in [-0.2, 0) is 0 Å². The quantitative estimate of drug-likeness (QED) is 0.839. The van der Waals surface area contributed by atoms with Crippen LogP contribution in [0.3, 0.4) is 0 Å². The first-order valence-corrected chi connectivity index (χ1v) is 8.85. The molecule has 3 rings (SSSR count). The topological polar surface area (TPSA) is 106 Å². The summed E-state index contributed by atoms with van der Waals surface area (Å²) in [5.41, 5.74) is -0.903. The van der Waals surface area contributed by atoms with Gasteiger partial charge in [0.25, 0.3) is 5.41 Å². The van der Waals surface area contributed by atoms with Crippen molar-refractivity contribution in [1.29, 1.82) is 15.8 Å². The zero-order chi connectivity index (χ0) is 17.2. The van der Waals surface area contributed by atoms with Crippen LogP contribution in [-0.4, -0.2) is 28.9 Å². The Morgan fingerprint density at radius 3 is 2.67 bits per heavy atom. The summed E-state index contributed by atoms with van der Waals surface area (Å²) >= 11 is 3.01. The van der Waals surface area contributed by atoms with Crippen LogP contribution in [0.15, 0.2) is 23.2 Å². The second-order valence-corrected chi connectivity index (χ2v) is 7.20. The molecule has 1 unspecified atom stereocenters. The summed E-state index contributed by atoms with van der Waals surface area (Å²) in [5.74, 6) is 1.45. The zero-order valence-corrected chi connectivity index (χ0v) is 14.3. The smallest absolute Gasteiger partial charge is 0.250 e. The molecule has 0 spiro atoms. The maximum absolute atomic E-state index is 9.26. The molecule has 1 atom stereocenters. The lowest BCUT2D eigenvalue weighted by atomic mass is 9.83. The molecule has 2 aromatic rings. The van der Waals surface area contributed by atoms with E-state index in [1.165, 1.54) is 23.1 Å². The molecule has 0 radical (unpaired) electrons. The Labute approximate surface area is 147 Å². The van der Waals surface area contributed by atoms with Gasteiger partial charge in [-0.15, -0.1) is 23.1 Å². The van der Waals surface area contributed by atoms with Crippen molar-refractivity contribution in [3.8, 4) is 24.0 Å². The van der Waals surface area contributed by atoms with Gasteiger partial charge in [-0.3, -0.25) is 4.99 Å². The third-order valence-electron chi connectivity index (χ3n) is 3.71. The molecule has 1 aliphatic heterocycles. The number of ether oxygens (including phenoxy) is 1. The first kappa shape index (κ1) is 16.3. The number of hydrogen-bond acceptors (Lipinski definition) is 8. The van der Waals surface area contributed by atoms with E-state index in [0.29, 0.717) is 17.2 Å². The van der Waals surface area contributed by atoms with Gasteiger partial charge in [0.05, 0.1) is 23.4 Å². The molecule has 1 aromatic heterocycles. The van der Waals surface area contributed by atoms with Crippen molar-refractivity contribution in [3.63, 3.8) is 0 Å². The highest BCUT2D eigenvalue weighted by molar-refractivity contribution is 8.14. The van der Waals surface area contributed by atoms with Crippen molar-refractivity contribution < 1.29 is 4.74 Å². The Morgan fingerprint density at radius 1 is 1.25 bits per heavy atom. The van der Waals surface area contributed by atoms with Gasteiger partial charge in [0.2, 0.25) is 0 Å². The maximum Gasteiger partial charge on any atom is 0.250 e. The normalized spacial score (nSPS) is 17.4. The van der Waals surface area contributed by atoms with E-state index < -0.39 is 11.5 Å². The zero-order valence-electron chi connectivity index (χ0n) is 12.7. The molecular weight excluding hydrogens is 342 g/mol. The molecule has 0 saturated heterocycles. The highest BCUT2D eigenvalue weighted by Crippen LogP contribution is 2.35. The van der Waals surface area contributed by atoms with Gasteiger partial charge >= 0.3 is 0 Å². The summed E-state index contributed by atoms with van der Waals surface area (Å²) < 4.78 is 6.19. The Kier molecular flexibility index (Phi) is 4.40. The predicted molar refractivity (Wildman–Crippen MR) is 92.8 cm³/mol. The van der Waals surface area contributed by atoms with Crippen molar-refractivity contribution in [2.24, 2.45) is 10.4 Å². The Bertz CT molecular complexity index is 908. The van der Waals surface area contributed by atoms with E-state index in [1.54, 1.807) is 7.11 Å². The van der Waals surface area contributed by atoms with Crippen molar-refractivity contribution in [3.05, 3.63) is 23.2 Å². The van der Waals surface area contributed by atoms with Gasteiger partial charge in [-0.05, 0) is 24.6 Å². The second-order valence-electron chi connectivity index (χ2n) is 5.08. The molecular formula is C16H11N5OS2. The average Bonchev–Trinajstić information content (AvgIpc) is 3.07. The lowest BCUT2D eigenvalue weighted by Gasteiger charge is -2.23. The fraction of sp³-hybridized carbons (Fsp3) is 0.312. The Morgan fingerprint density at radius 2 is 2.00 bits per heavy atom. The summed E-state index contributed by atoms with van der Waals surface area (Å²) in [6.07, 6.45) is 0.515. The van der Waals surface area contributed by atoms with Crippen molar-refractivity contribution >= 4 is 38.4 Å². The van der Waals surface area contributed by atoms with E-state index in [2.05, 4.69) is 9.98 Å². The van der Waals surface area contributed by atoms with Gasteiger partial charge in [0.1, 0.15) is 34.0 Å². The van der Waals surface area contributed by atoms with E-state index in [-0.39, 0.29) is 0 Å². The lowest BCUT2D eigenvalue weighted by Crippen LogP contribution is -2.33. The number of hydrogen-bond donors (Lipinski definition) is 0. The molecule has 1 aliphatic rings. The lowest BCUT2D eigenvalue weighted by molar-refractivity contribution is 0.415. The number of thiazole rings is 1. The molecule has 0 aliphatic carbocycles. The first-order valence-electron chi connectivity index (χ1n) is 7.05. The fourth-order valence-electron chi connectivity index (χ4n) is 2.36. The molecule has 24 heavy (non-hydrogen) atoms. The van der Waals surface area contributed by atoms with Gasteiger partial charge in [0, 0.05) is 5.75 Å². The molecule has 0 N–H and O–H groups in total. The summed E-state index contributed by atoms with van der Waals surface area (Å²) in [5, 5.41) is 29.2. The summed E-state index contributed by atoms with van der Waals surface area (Å²) in [7, 11) is 1.61. The summed E-state index contributed by atoms with van der Waals surface area (Å²) in [6.45, 7) is 0. The van der Waals surface area contributed by atoms with Crippen LogP contribution in [0.2, 0.25) is 0 Å². The highest BCUT2D eigenvalue weighted by Gasteiger charge is 2.42. The van der Waals surface area contributed by atoms with Crippen molar-refractivity contribution in [2.75, 3.05) is 12.9 Å². The minimum Gasteiger partial charge on any atom is -0.497 e. The predicted octanol–water partition coefficient (Wildman–Crippen LogP) is 3.11. The number of nitriles is 3. The minimum atomic E-state index is -1.74. The second kappa shape index (κ2) is 6.49. The van der Waals surface area contributed by atoms with E-state index >= 15 is 0 Å². The average molecular weight is 353 g/mol. The van der Waals surface area contributed by atoms with Gasteiger partial charge in [-0.1, -0.05) is 0 Å². The minimum absolute atomic E-state index is 0.515.